The van der Waals surface area contributed by atoms with E-state index in [9.17, 15) is 4.39 Å². The lowest BCUT2D eigenvalue weighted by Crippen LogP contribution is -2.03. The topological polar surface area (TPSA) is 22.1 Å². The summed E-state index contributed by atoms with van der Waals surface area (Å²) in [5, 5.41) is 0. The lowest BCUT2D eigenvalue weighted by Gasteiger charge is -2.15. The SMILES string of the molecule is Fc1ccc(-c2cccc3c2CC[C@H]3Oc2[c]cccc2)cn1. The standard InChI is InChI=1S/C20H15FNO/c21-20-12-9-14(13-22-20)16-7-4-8-18-17(16)10-11-19(18)23-15-5-2-1-3-6-15/h1-5,7-9,12-13,19H,10-11H2/t19-/m1/s1. The normalized spacial score (nSPS) is 16.1. The summed E-state index contributed by atoms with van der Waals surface area (Å²) in [6, 6.07) is 20.1. The van der Waals surface area contributed by atoms with E-state index in [4.69, 9.17) is 4.74 Å². The van der Waals surface area contributed by atoms with Gasteiger partial charge >= 0.3 is 0 Å². The lowest BCUT2D eigenvalue weighted by atomic mass is 9.98. The van der Waals surface area contributed by atoms with Gasteiger partial charge in [0.25, 0.3) is 0 Å². The molecule has 0 bridgehead atoms. The van der Waals surface area contributed by atoms with E-state index < -0.39 is 5.95 Å². The number of para-hydroxylation sites is 1. The molecule has 0 saturated heterocycles. The van der Waals surface area contributed by atoms with Crippen LogP contribution in [-0.2, 0) is 6.42 Å². The smallest absolute Gasteiger partial charge is 0.212 e. The maximum Gasteiger partial charge on any atom is 0.212 e. The molecule has 1 heterocycles. The van der Waals surface area contributed by atoms with Crippen LogP contribution in [0.3, 0.4) is 0 Å². The van der Waals surface area contributed by atoms with Crippen LogP contribution >= 0.6 is 0 Å². The first-order valence-corrected chi connectivity index (χ1v) is 7.68. The number of nitrogens with zero attached hydrogens (tertiary/aromatic N) is 1. The molecule has 1 radical (unpaired) electrons. The van der Waals surface area contributed by atoms with E-state index >= 15 is 0 Å². The van der Waals surface area contributed by atoms with Crippen molar-refractivity contribution in [3.8, 4) is 16.9 Å². The Hall–Kier alpha value is -2.68. The van der Waals surface area contributed by atoms with Gasteiger partial charge in [-0.05, 0) is 47.7 Å². The third-order valence-corrected chi connectivity index (χ3v) is 4.20. The second kappa shape index (κ2) is 5.84. The van der Waals surface area contributed by atoms with E-state index in [1.54, 1.807) is 12.3 Å². The van der Waals surface area contributed by atoms with E-state index in [2.05, 4.69) is 23.2 Å². The van der Waals surface area contributed by atoms with Gasteiger partial charge in [0.2, 0.25) is 5.95 Å². The molecule has 1 aromatic heterocycles. The third-order valence-electron chi connectivity index (χ3n) is 4.20. The van der Waals surface area contributed by atoms with Gasteiger partial charge in [-0.15, -0.1) is 0 Å². The molecule has 0 aliphatic heterocycles. The number of ether oxygens (including phenoxy) is 1. The molecular weight excluding hydrogens is 289 g/mol. The lowest BCUT2D eigenvalue weighted by molar-refractivity contribution is 0.207. The predicted molar refractivity (Wildman–Crippen MR) is 86.6 cm³/mol. The van der Waals surface area contributed by atoms with Crippen molar-refractivity contribution in [2.45, 2.75) is 18.9 Å². The van der Waals surface area contributed by atoms with Crippen molar-refractivity contribution >= 4 is 0 Å². The number of halogens is 1. The quantitative estimate of drug-likeness (QED) is 0.651. The first-order valence-electron chi connectivity index (χ1n) is 7.68. The van der Waals surface area contributed by atoms with Crippen molar-refractivity contribution in [2.75, 3.05) is 0 Å². The van der Waals surface area contributed by atoms with Gasteiger partial charge in [-0.25, -0.2) is 4.98 Å². The summed E-state index contributed by atoms with van der Waals surface area (Å²) in [4.78, 5) is 3.76. The van der Waals surface area contributed by atoms with Gasteiger partial charge in [-0.1, -0.05) is 36.4 Å². The third kappa shape index (κ3) is 2.70. The number of pyridine rings is 1. The molecule has 4 rings (SSSR count). The highest BCUT2D eigenvalue weighted by Crippen LogP contribution is 2.39. The largest absolute Gasteiger partial charge is 0.485 e. The first kappa shape index (κ1) is 13.9. The Balaban J connectivity index is 1.68. The van der Waals surface area contributed by atoms with E-state index in [1.165, 1.54) is 17.2 Å². The molecule has 113 valence electrons. The number of hydrogen-bond acceptors (Lipinski definition) is 2. The Kier molecular flexibility index (Phi) is 3.54. The monoisotopic (exact) mass is 304 g/mol. The molecule has 1 atom stereocenters. The van der Waals surface area contributed by atoms with Crippen LogP contribution < -0.4 is 4.74 Å². The summed E-state index contributed by atoms with van der Waals surface area (Å²) < 4.78 is 19.1. The zero-order valence-electron chi connectivity index (χ0n) is 12.5. The van der Waals surface area contributed by atoms with E-state index in [0.717, 1.165) is 29.7 Å². The molecular formula is C20H15FNO. The molecule has 3 heteroatoms. The fraction of sp³-hybridized carbons (Fsp3) is 0.150. The summed E-state index contributed by atoms with van der Waals surface area (Å²) in [5.74, 6) is 0.307. The predicted octanol–water partition coefficient (Wildman–Crippen LogP) is 4.75. The molecule has 0 amide bonds. The number of aromatic nitrogens is 1. The summed E-state index contributed by atoms with van der Waals surface area (Å²) in [7, 11) is 0. The molecule has 2 nitrogen and oxygen atoms in total. The van der Waals surface area contributed by atoms with Crippen LogP contribution in [0.25, 0.3) is 11.1 Å². The highest BCUT2D eigenvalue weighted by molar-refractivity contribution is 5.69. The van der Waals surface area contributed by atoms with Crippen LogP contribution in [0.4, 0.5) is 4.39 Å². The molecule has 23 heavy (non-hydrogen) atoms. The summed E-state index contributed by atoms with van der Waals surface area (Å²) in [6.45, 7) is 0. The van der Waals surface area contributed by atoms with Crippen LogP contribution in [0.15, 0.2) is 60.8 Å². The van der Waals surface area contributed by atoms with Crippen LogP contribution in [0.5, 0.6) is 5.75 Å². The van der Waals surface area contributed by atoms with Crippen molar-refractivity contribution in [1.82, 2.24) is 4.98 Å². The van der Waals surface area contributed by atoms with Crippen molar-refractivity contribution in [2.24, 2.45) is 0 Å². The summed E-state index contributed by atoms with van der Waals surface area (Å²) in [6.07, 6.45) is 3.51. The zero-order chi connectivity index (χ0) is 15.6. The van der Waals surface area contributed by atoms with Crippen molar-refractivity contribution in [1.29, 1.82) is 0 Å². The highest BCUT2D eigenvalue weighted by Gasteiger charge is 2.26. The van der Waals surface area contributed by atoms with Crippen LogP contribution in [-0.4, -0.2) is 4.98 Å². The molecule has 2 aromatic carbocycles. The van der Waals surface area contributed by atoms with Gasteiger partial charge in [0.15, 0.2) is 0 Å². The van der Waals surface area contributed by atoms with Gasteiger partial charge in [0.1, 0.15) is 11.9 Å². The molecule has 0 saturated carbocycles. The maximum atomic E-state index is 13.0. The van der Waals surface area contributed by atoms with E-state index in [-0.39, 0.29) is 6.10 Å². The average molecular weight is 304 g/mol. The van der Waals surface area contributed by atoms with Crippen LogP contribution in [0.1, 0.15) is 23.7 Å². The number of benzene rings is 2. The minimum Gasteiger partial charge on any atom is -0.485 e. The van der Waals surface area contributed by atoms with Crippen molar-refractivity contribution in [3.63, 3.8) is 0 Å². The molecule has 1 aliphatic carbocycles. The molecule has 0 unspecified atom stereocenters. The number of rotatable bonds is 3. The highest BCUT2D eigenvalue weighted by atomic mass is 19.1. The Morgan fingerprint density at radius 2 is 2.04 bits per heavy atom. The Bertz CT molecular complexity index is 815. The fourth-order valence-corrected chi connectivity index (χ4v) is 3.15. The Labute approximate surface area is 134 Å². The molecule has 0 N–H and O–H groups in total. The average Bonchev–Trinajstić information content (AvgIpc) is 3.00. The van der Waals surface area contributed by atoms with Gasteiger partial charge in [-0.2, -0.15) is 4.39 Å². The Morgan fingerprint density at radius 1 is 1.09 bits per heavy atom. The molecule has 0 spiro atoms. The zero-order valence-corrected chi connectivity index (χ0v) is 12.5. The second-order valence-corrected chi connectivity index (χ2v) is 5.61. The summed E-state index contributed by atoms with van der Waals surface area (Å²) >= 11 is 0. The molecule has 3 aromatic rings. The Morgan fingerprint density at radius 3 is 2.83 bits per heavy atom. The van der Waals surface area contributed by atoms with Crippen LogP contribution in [0.2, 0.25) is 0 Å². The summed E-state index contributed by atoms with van der Waals surface area (Å²) in [5.41, 5.74) is 4.51. The minimum absolute atomic E-state index is 0.0389. The number of hydrogen-bond donors (Lipinski definition) is 0. The van der Waals surface area contributed by atoms with Gasteiger partial charge in [0, 0.05) is 17.8 Å². The molecule has 0 fully saturated rings. The van der Waals surface area contributed by atoms with Crippen molar-refractivity contribution in [3.05, 3.63) is 83.9 Å². The minimum atomic E-state index is -0.456. The van der Waals surface area contributed by atoms with E-state index in [1.807, 2.05) is 30.3 Å². The second-order valence-electron chi connectivity index (χ2n) is 5.61. The van der Waals surface area contributed by atoms with Gasteiger partial charge in [-0.3, -0.25) is 0 Å². The van der Waals surface area contributed by atoms with Gasteiger partial charge in [0.05, 0.1) is 0 Å². The van der Waals surface area contributed by atoms with Crippen LogP contribution in [0, 0.1) is 12.0 Å². The molecule has 1 aliphatic rings. The van der Waals surface area contributed by atoms with Crippen molar-refractivity contribution < 1.29 is 9.13 Å². The van der Waals surface area contributed by atoms with Gasteiger partial charge < -0.3 is 4.74 Å². The first-order chi connectivity index (χ1) is 11.3. The van der Waals surface area contributed by atoms with E-state index in [0.29, 0.717) is 0 Å². The number of fused-ring (bicyclic) bond motifs is 1. The fourth-order valence-electron chi connectivity index (χ4n) is 3.15. The maximum absolute atomic E-state index is 13.0.